The molecule has 2 aromatic heterocycles. The van der Waals surface area contributed by atoms with Crippen molar-refractivity contribution in [2.75, 3.05) is 13.7 Å². The van der Waals surface area contributed by atoms with E-state index < -0.39 is 10.0 Å². The van der Waals surface area contributed by atoms with Crippen molar-refractivity contribution in [1.82, 2.24) is 4.31 Å². The van der Waals surface area contributed by atoms with Crippen molar-refractivity contribution < 1.29 is 13.5 Å². The van der Waals surface area contributed by atoms with E-state index in [0.29, 0.717) is 10.6 Å². The van der Waals surface area contributed by atoms with Gasteiger partial charge in [0, 0.05) is 29.8 Å². The van der Waals surface area contributed by atoms with Crippen LogP contribution in [0.5, 0.6) is 0 Å². The first kappa shape index (κ1) is 15.7. The molecule has 2 heterocycles. The van der Waals surface area contributed by atoms with Crippen LogP contribution in [0.3, 0.4) is 0 Å². The van der Waals surface area contributed by atoms with E-state index in [1.807, 2.05) is 24.4 Å². The predicted octanol–water partition coefficient (Wildman–Crippen LogP) is 2.73. The van der Waals surface area contributed by atoms with Gasteiger partial charge in [-0.3, -0.25) is 0 Å². The lowest BCUT2D eigenvalue weighted by atomic mass is 10.3. The summed E-state index contributed by atoms with van der Waals surface area (Å²) >= 11 is 2.77. The van der Waals surface area contributed by atoms with Gasteiger partial charge in [0.2, 0.25) is 0 Å². The second kappa shape index (κ2) is 6.36. The van der Waals surface area contributed by atoms with Crippen molar-refractivity contribution in [2.45, 2.75) is 23.6 Å². The molecule has 0 radical (unpaired) electrons. The van der Waals surface area contributed by atoms with Crippen molar-refractivity contribution in [2.24, 2.45) is 0 Å². The van der Waals surface area contributed by atoms with Crippen LogP contribution in [0.25, 0.3) is 0 Å². The Hall–Kier alpha value is -0.730. The molecule has 0 bridgehead atoms. The van der Waals surface area contributed by atoms with Gasteiger partial charge >= 0.3 is 0 Å². The fourth-order valence-electron chi connectivity index (χ4n) is 1.80. The lowest BCUT2D eigenvalue weighted by Crippen LogP contribution is -2.28. The van der Waals surface area contributed by atoms with Crippen LogP contribution in [-0.2, 0) is 16.4 Å². The van der Waals surface area contributed by atoms with Crippen LogP contribution < -0.4 is 0 Å². The summed E-state index contributed by atoms with van der Waals surface area (Å²) in [6.45, 7) is 1.91. The van der Waals surface area contributed by atoms with E-state index >= 15 is 0 Å². The predicted molar refractivity (Wildman–Crippen MR) is 82.8 cm³/mol. The summed E-state index contributed by atoms with van der Waals surface area (Å²) in [6.07, 6.45) is 0.490. The Kier molecular flexibility index (Phi) is 4.98. The summed E-state index contributed by atoms with van der Waals surface area (Å²) in [4.78, 5) is 1.89. The highest BCUT2D eigenvalue weighted by Gasteiger charge is 2.28. The summed E-state index contributed by atoms with van der Waals surface area (Å²) in [5, 5.41) is 10.8. The molecule has 1 unspecified atom stereocenters. The lowest BCUT2D eigenvalue weighted by Gasteiger charge is -2.22. The summed E-state index contributed by atoms with van der Waals surface area (Å²) in [5.41, 5.74) is 0. The standard InChI is InChI=1S/C13H17NO3S3/c1-10(12-4-3-9-18-12)14(2)20(16,17)13-6-5-11(19-13)7-8-15/h3-6,9-10,15H,7-8H2,1-2H3. The molecule has 7 heteroatoms. The first-order chi connectivity index (χ1) is 9.46. The van der Waals surface area contributed by atoms with Gasteiger partial charge < -0.3 is 5.11 Å². The van der Waals surface area contributed by atoms with Crippen molar-refractivity contribution in [3.05, 3.63) is 39.4 Å². The van der Waals surface area contributed by atoms with Crippen LogP contribution in [0, 0.1) is 0 Å². The number of aliphatic hydroxyl groups excluding tert-OH is 1. The molecule has 0 spiro atoms. The van der Waals surface area contributed by atoms with Crippen LogP contribution in [0.1, 0.15) is 22.7 Å². The number of hydrogen-bond donors (Lipinski definition) is 1. The molecule has 0 aromatic carbocycles. The van der Waals surface area contributed by atoms with E-state index in [2.05, 4.69) is 0 Å². The molecule has 110 valence electrons. The van der Waals surface area contributed by atoms with Gasteiger partial charge in [0.05, 0.1) is 6.04 Å². The fourth-order valence-corrected chi connectivity index (χ4v) is 5.57. The molecule has 0 aliphatic heterocycles. The number of aliphatic hydroxyl groups is 1. The average molecular weight is 331 g/mol. The molecule has 0 amide bonds. The Bertz CT molecular complexity index is 646. The van der Waals surface area contributed by atoms with E-state index in [1.165, 1.54) is 15.6 Å². The average Bonchev–Trinajstić information content (AvgIpc) is 3.08. The van der Waals surface area contributed by atoms with Crippen molar-refractivity contribution in [3.8, 4) is 0 Å². The second-order valence-corrected chi connectivity index (χ2v) is 8.78. The van der Waals surface area contributed by atoms with E-state index in [0.717, 1.165) is 9.75 Å². The largest absolute Gasteiger partial charge is 0.396 e. The Morgan fingerprint density at radius 2 is 2.10 bits per heavy atom. The smallest absolute Gasteiger partial charge is 0.252 e. The molecule has 0 fully saturated rings. The van der Waals surface area contributed by atoms with Gasteiger partial charge in [0.1, 0.15) is 4.21 Å². The van der Waals surface area contributed by atoms with Crippen molar-refractivity contribution in [1.29, 1.82) is 0 Å². The van der Waals surface area contributed by atoms with Gasteiger partial charge in [-0.2, -0.15) is 4.31 Å². The van der Waals surface area contributed by atoms with Gasteiger partial charge in [0.25, 0.3) is 10.0 Å². The third kappa shape index (κ3) is 3.12. The van der Waals surface area contributed by atoms with Gasteiger partial charge in [0.15, 0.2) is 0 Å². The highest BCUT2D eigenvalue weighted by atomic mass is 32.2. The molecule has 0 aliphatic carbocycles. The van der Waals surface area contributed by atoms with Gasteiger partial charge in [-0.05, 0) is 30.5 Å². The maximum atomic E-state index is 12.6. The van der Waals surface area contributed by atoms with Gasteiger partial charge in [-0.25, -0.2) is 8.42 Å². The van der Waals surface area contributed by atoms with E-state index in [1.54, 1.807) is 30.5 Å². The molecule has 2 aromatic rings. The molecule has 2 rings (SSSR count). The summed E-state index contributed by atoms with van der Waals surface area (Å²) in [5.74, 6) is 0. The first-order valence-electron chi connectivity index (χ1n) is 6.18. The number of nitrogens with zero attached hydrogens (tertiary/aromatic N) is 1. The summed E-state index contributed by atoms with van der Waals surface area (Å²) in [7, 11) is -1.88. The monoisotopic (exact) mass is 331 g/mol. The molecule has 1 atom stereocenters. The highest BCUT2D eigenvalue weighted by molar-refractivity contribution is 7.91. The maximum absolute atomic E-state index is 12.6. The van der Waals surface area contributed by atoms with Crippen LogP contribution >= 0.6 is 22.7 Å². The van der Waals surface area contributed by atoms with E-state index in [-0.39, 0.29) is 12.6 Å². The number of hydrogen-bond acceptors (Lipinski definition) is 5. The maximum Gasteiger partial charge on any atom is 0.252 e. The second-order valence-electron chi connectivity index (χ2n) is 4.41. The topological polar surface area (TPSA) is 57.6 Å². The first-order valence-corrected chi connectivity index (χ1v) is 9.31. The number of rotatable bonds is 6. The molecule has 1 N–H and O–H groups in total. The zero-order chi connectivity index (χ0) is 14.8. The van der Waals surface area contributed by atoms with Crippen LogP contribution in [-0.4, -0.2) is 31.5 Å². The van der Waals surface area contributed by atoms with E-state index in [4.69, 9.17) is 5.11 Å². The minimum Gasteiger partial charge on any atom is -0.396 e. The molecular formula is C13H17NO3S3. The fraction of sp³-hybridized carbons (Fsp3) is 0.385. The summed E-state index contributed by atoms with van der Waals surface area (Å²) in [6, 6.07) is 7.04. The molecule has 0 saturated heterocycles. The highest BCUT2D eigenvalue weighted by Crippen LogP contribution is 2.31. The minimum atomic E-state index is -3.48. The van der Waals surface area contributed by atoms with Crippen LogP contribution in [0.4, 0.5) is 0 Å². The SMILES string of the molecule is CC(c1cccs1)N(C)S(=O)(=O)c1ccc(CCO)s1. The zero-order valence-electron chi connectivity index (χ0n) is 11.3. The third-order valence-electron chi connectivity index (χ3n) is 3.13. The normalized spacial score (nSPS) is 13.8. The Morgan fingerprint density at radius 1 is 1.35 bits per heavy atom. The Labute approximate surface area is 127 Å². The van der Waals surface area contributed by atoms with E-state index in [9.17, 15) is 8.42 Å². The Morgan fingerprint density at radius 3 is 2.70 bits per heavy atom. The molecule has 0 saturated carbocycles. The van der Waals surface area contributed by atoms with Crippen LogP contribution in [0.15, 0.2) is 33.9 Å². The molecule has 4 nitrogen and oxygen atoms in total. The van der Waals surface area contributed by atoms with Crippen molar-refractivity contribution >= 4 is 32.7 Å². The minimum absolute atomic E-state index is 0.0292. The number of sulfonamides is 1. The zero-order valence-corrected chi connectivity index (χ0v) is 13.8. The molecular weight excluding hydrogens is 314 g/mol. The van der Waals surface area contributed by atoms with Crippen LogP contribution in [0.2, 0.25) is 0 Å². The molecule has 0 aliphatic rings. The molecule has 20 heavy (non-hydrogen) atoms. The van der Waals surface area contributed by atoms with Gasteiger partial charge in [-0.1, -0.05) is 6.07 Å². The van der Waals surface area contributed by atoms with Crippen molar-refractivity contribution in [3.63, 3.8) is 0 Å². The van der Waals surface area contributed by atoms with Gasteiger partial charge in [-0.15, -0.1) is 22.7 Å². The quantitative estimate of drug-likeness (QED) is 0.885. The summed E-state index contributed by atoms with van der Waals surface area (Å²) < 4.78 is 26.9. The Balaban J connectivity index is 2.24. The lowest BCUT2D eigenvalue weighted by molar-refractivity contribution is 0.300. The number of thiophene rings is 2. The third-order valence-corrected chi connectivity index (χ3v) is 7.71.